The number of anilines is 2. The molecule has 0 aliphatic carbocycles. The van der Waals surface area contributed by atoms with Gasteiger partial charge in [0.05, 0.1) is 6.54 Å². The number of nitrogens with zero attached hydrogens (tertiary/aromatic N) is 2. The van der Waals surface area contributed by atoms with Crippen molar-refractivity contribution in [3.05, 3.63) is 55.6 Å². The molecule has 0 fully saturated rings. The van der Waals surface area contributed by atoms with Gasteiger partial charge in [-0.2, -0.15) is 5.26 Å². The largest absolute Gasteiger partial charge is 0.355 e. The fraction of sp³-hybridized carbons (Fsp3) is 0.250. The lowest BCUT2D eigenvalue weighted by Crippen LogP contribution is -2.30. The predicted octanol–water partition coefficient (Wildman–Crippen LogP) is 1.11. The molecule has 0 unspecified atom stereocenters. The summed E-state index contributed by atoms with van der Waals surface area (Å²) in [6.07, 6.45) is 6.59. The number of nitrogens with one attached hydrogen (secondary N) is 3. The lowest BCUT2D eigenvalue weighted by Gasteiger charge is -2.08. The quantitative estimate of drug-likeness (QED) is 0.325. The van der Waals surface area contributed by atoms with Crippen molar-refractivity contribution in [3.8, 4) is 18.4 Å². The van der Waals surface area contributed by atoms with Crippen molar-refractivity contribution in [2.75, 3.05) is 17.2 Å². The molecule has 0 aliphatic rings. The highest BCUT2D eigenvalue weighted by Crippen LogP contribution is 2.15. The topological polar surface area (TPSA) is 116 Å². The van der Waals surface area contributed by atoms with Gasteiger partial charge in [-0.05, 0) is 25.1 Å². The molecule has 0 spiro atoms. The lowest BCUT2D eigenvalue weighted by atomic mass is 10.2. The zero-order valence-corrected chi connectivity index (χ0v) is 19.3. The van der Waals surface area contributed by atoms with Gasteiger partial charge >= 0.3 is 0 Å². The molecule has 0 bridgehead atoms. The van der Waals surface area contributed by atoms with E-state index in [-0.39, 0.29) is 34.0 Å². The highest BCUT2D eigenvalue weighted by molar-refractivity contribution is 7.07. The summed E-state index contributed by atoms with van der Waals surface area (Å²) in [7, 11) is 0. The Bertz CT molecular complexity index is 1390. The first kappa shape index (κ1) is 25.0. The predicted molar refractivity (Wildman–Crippen MR) is 129 cm³/mol. The molecular weight excluding hydrogens is 438 g/mol. The van der Waals surface area contributed by atoms with Crippen LogP contribution in [0.3, 0.4) is 0 Å². The van der Waals surface area contributed by atoms with Crippen molar-refractivity contribution in [3.63, 3.8) is 0 Å². The van der Waals surface area contributed by atoms with E-state index < -0.39 is 5.91 Å². The number of terminal acetylenes is 1. The maximum Gasteiger partial charge on any atom is 0.277 e. The molecular formula is C24H23N5O3S. The fourth-order valence-electron chi connectivity index (χ4n) is 2.50. The molecule has 8 nitrogen and oxygen atoms in total. The van der Waals surface area contributed by atoms with Gasteiger partial charge in [0.2, 0.25) is 5.91 Å². The summed E-state index contributed by atoms with van der Waals surface area (Å²) in [6.45, 7) is 5.70. The number of amides is 2. The van der Waals surface area contributed by atoms with Crippen LogP contribution in [0.2, 0.25) is 0 Å². The van der Waals surface area contributed by atoms with Crippen LogP contribution in [0.4, 0.5) is 11.4 Å². The molecule has 2 amide bonds. The van der Waals surface area contributed by atoms with E-state index >= 15 is 0 Å². The molecule has 33 heavy (non-hydrogen) atoms. The summed E-state index contributed by atoms with van der Waals surface area (Å²) in [5.74, 6) is 1.37. The Kier molecular flexibility index (Phi) is 9.06. The number of thiazole rings is 1. The third-order valence-corrected chi connectivity index (χ3v) is 5.23. The Balaban J connectivity index is 2.43. The monoisotopic (exact) mass is 461 g/mol. The van der Waals surface area contributed by atoms with Crippen LogP contribution in [-0.4, -0.2) is 22.9 Å². The highest BCUT2D eigenvalue weighted by atomic mass is 32.1. The molecule has 1 aromatic heterocycles. The van der Waals surface area contributed by atoms with Gasteiger partial charge in [0.25, 0.3) is 11.5 Å². The van der Waals surface area contributed by atoms with E-state index in [1.54, 1.807) is 37.3 Å². The maximum absolute atomic E-state index is 12.7. The lowest BCUT2D eigenvalue weighted by molar-refractivity contribution is -0.119. The van der Waals surface area contributed by atoms with E-state index in [0.717, 1.165) is 11.3 Å². The Labute approximate surface area is 195 Å². The smallest absolute Gasteiger partial charge is 0.277 e. The minimum atomic E-state index is -0.661. The zero-order chi connectivity index (χ0) is 24.4. The van der Waals surface area contributed by atoms with Crippen LogP contribution in [0.15, 0.2) is 40.8 Å². The molecule has 0 atom stereocenters. The van der Waals surface area contributed by atoms with E-state index in [1.807, 2.05) is 13.8 Å². The zero-order valence-electron chi connectivity index (χ0n) is 18.5. The number of hydrogen-bond acceptors (Lipinski definition) is 6. The standard InChI is InChI=1S/C24H23N5O3S/c1-5-11-27-23(31)17(15-25)13-21-29(6-2)24(32)20(33-21)10-12-26-18-8-7-9-19(14-18)28-22(30)16(3)4/h1,7-9,12,14,16,26H,6,11H2,2-4H3,(H,27,31)(H,28,30). The third kappa shape index (κ3) is 6.87. The normalized spacial score (nSPS) is 9.64. The van der Waals surface area contributed by atoms with E-state index in [9.17, 15) is 19.6 Å². The molecule has 2 rings (SSSR count). The first-order valence-electron chi connectivity index (χ1n) is 10.1. The molecule has 9 heteroatoms. The summed E-state index contributed by atoms with van der Waals surface area (Å²) in [6, 6.07) is 8.90. The molecule has 168 valence electrons. The van der Waals surface area contributed by atoms with Gasteiger partial charge in [-0.1, -0.05) is 48.6 Å². The minimum absolute atomic E-state index is 0.0213. The van der Waals surface area contributed by atoms with Crippen LogP contribution in [0, 0.1) is 29.6 Å². The van der Waals surface area contributed by atoms with E-state index in [0.29, 0.717) is 22.6 Å². The second-order valence-corrected chi connectivity index (χ2v) is 7.94. The maximum atomic E-state index is 12.7. The first-order chi connectivity index (χ1) is 15.8. The van der Waals surface area contributed by atoms with Crippen LogP contribution < -0.4 is 30.7 Å². The van der Waals surface area contributed by atoms with Gasteiger partial charge in [0, 0.05) is 30.0 Å². The van der Waals surface area contributed by atoms with Crippen molar-refractivity contribution in [2.45, 2.75) is 27.3 Å². The average molecular weight is 462 g/mol. The van der Waals surface area contributed by atoms with Crippen LogP contribution in [0.25, 0.3) is 11.5 Å². The molecule has 0 radical (unpaired) electrons. The van der Waals surface area contributed by atoms with Crippen molar-refractivity contribution in [2.24, 2.45) is 5.92 Å². The minimum Gasteiger partial charge on any atom is -0.355 e. The molecule has 1 heterocycles. The second kappa shape index (κ2) is 12.0. The van der Waals surface area contributed by atoms with Crippen molar-refractivity contribution < 1.29 is 9.59 Å². The van der Waals surface area contributed by atoms with E-state index in [1.165, 1.54) is 10.8 Å². The van der Waals surface area contributed by atoms with Crippen LogP contribution in [0.1, 0.15) is 20.8 Å². The Morgan fingerprint density at radius 1 is 1.30 bits per heavy atom. The molecule has 0 saturated carbocycles. The fourth-order valence-corrected chi connectivity index (χ4v) is 3.49. The molecule has 0 saturated heterocycles. The summed E-state index contributed by atoms with van der Waals surface area (Å²) in [5, 5.41) is 17.5. The number of nitriles is 1. The van der Waals surface area contributed by atoms with Gasteiger partial charge in [0.15, 0.2) is 5.57 Å². The van der Waals surface area contributed by atoms with Gasteiger partial charge < -0.3 is 16.0 Å². The van der Waals surface area contributed by atoms with Gasteiger partial charge in [-0.15, -0.1) is 6.42 Å². The molecule has 1 aromatic carbocycles. The van der Waals surface area contributed by atoms with Crippen LogP contribution in [-0.2, 0) is 16.1 Å². The Morgan fingerprint density at radius 2 is 2.03 bits per heavy atom. The molecule has 0 aliphatic heterocycles. The van der Waals surface area contributed by atoms with Crippen LogP contribution in [0.5, 0.6) is 0 Å². The SMILES string of the molecule is C#CCNC(=O)C(=C=c1sc(=C=CNc2cccc(NC(=O)C(C)C)c2)c(=O)n1CC)C#N. The summed E-state index contributed by atoms with van der Waals surface area (Å²) >= 11 is 1.05. The number of rotatable bonds is 7. The number of aromatic nitrogens is 1. The summed E-state index contributed by atoms with van der Waals surface area (Å²) in [4.78, 5) is 36.6. The van der Waals surface area contributed by atoms with Crippen molar-refractivity contribution in [1.29, 1.82) is 5.26 Å². The number of carbonyl (C=O) groups excluding carboxylic acids is 2. The number of benzene rings is 1. The average Bonchev–Trinajstić information content (AvgIpc) is 3.09. The highest BCUT2D eigenvalue weighted by Gasteiger charge is 2.09. The first-order valence-corrected chi connectivity index (χ1v) is 10.9. The Hall–Kier alpha value is -4.26. The Morgan fingerprint density at radius 3 is 2.67 bits per heavy atom. The summed E-state index contributed by atoms with van der Waals surface area (Å²) < 4.78 is 2.00. The third-order valence-electron chi connectivity index (χ3n) is 4.22. The van der Waals surface area contributed by atoms with Crippen LogP contribution >= 0.6 is 11.3 Å². The molecule has 3 N–H and O–H groups in total. The van der Waals surface area contributed by atoms with Gasteiger partial charge in [-0.25, -0.2) is 0 Å². The van der Waals surface area contributed by atoms with Crippen molar-refractivity contribution >= 4 is 46.0 Å². The van der Waals surface area contributed by atoms with E-state index in [2.05, 4.69) is 33.3 Å². The number of hydrogen-bond donors (Lipinski definition) is 3. The van der Waals surface area contributed by atoms with Gasteiger partial charge in [0.1, 0.15) is 15.3 Å². The van der Waals surface area contributed by atoms with Crippen molar-refractivity contribution in [1.82, 2.24) is 9.88 Å². The second-order valence-electron chi connectivity index (χ2n) is 6.94. The van der Waals surface area contributed by atoms with Gasteiger partial charge in [-0.3, -0.25) is 19.0 Å². The molecule has 2 aromatic rings. The summed E-state index contributed by atoms with van der Waals surface area (Å²) in [5.41, 5.74) is 6.34. The number of carbonyl (C=O) groups is 2. The van der Waals surface area contributed by atoms with E-state index in [4.69, 9.17) is 6.42 Å².